The van der Waals surface area contributed by atoms with Crippen LogP contribution in [0.1, 0.15) is 32.1 Å². The van der Waals surface area contributed by atoms with E-state index >= 15 is 0 Å². The van der Waals surface area contributed by atoms with Crippen LogP contribution in [-0.4, -0.2) is 24.8 Å². The maximum Gasteiger partial charge on any atom is 0.168 e. The number of hydrogen-bond acceptors (Lipinski definition) is 4. The molecule has 17 heavy (non-hydrogen) atoms. The predicted octanol–water partition coefficient (Wildman–Crippen LogP) is 1.65. The number of ketones is 1. The summed E-state index contributed by atoms with van der Waals surface area (Å²) in [6.45, 7) is 1.32. The summed E-state index contributed by atoms with van der Waals surface area (Å²) in [6, 6.07) is 2.24. The summed E-state index contributed by atoms with van der Waals surface area (Å²) in [7, 11) is 0. The summed E-state index contributed by atoms with van der Waals surface area (Å²) < 4.78 is 11.4. The number of hydrogen-bond donors (Lipinski definition) is 0. The average molecular weight is 235 g/mol. The second kappa shape index (κ2) is 4.08. The van der Waals surface area contributed by atoms with Crippen LogP contribution in [0.3, 0.4) is 0 Å². The van der Waals surface area contributed by atoms with E-state index in [0.29, 0.717) is 19.6 Å². The summed E-state index contributed by atoms with van der Waals surface area (Å²) in [6.07, 6.45) is 3.77. The molecule has 0 radical (unpaired) electrons. The maximum absolute atomic E-state index is 12.0. The Morgan fingerprint density at radius 1 is 1.35 bits per heavy atom. The smallest absolute Gasteiger partial charge is 0.168 e. The standard InChI is InChI=1S/C13H17NO3/c14-8-9-5-10-7-13(16-3-4-17-13)2-1-11(10)12(15)6-9/h9-11H,1-7H2. The number of ether oxygens (including phenoxy) is 2. The number of carbonyl (C=O) groups is 1. The lowest BCUT2D eigenvalue weighted by Crippen LogP contribution is -2.45. The highest BCUT2D eigenvalue weighted by Crippen LogP contribution is 2.47. The fourth-order valence-corrected chi connectivity index (χ4v) is 3.63. The lowest BCUT2D eigenvalue weighted by Gasteiger charge is -2.43. The Balaban J connectivity index is 1.76. The molecule has 92 valence electrons. The van der Waals surface area contributed by atoms with Gasteiger partial charge in [0.1, 0.15) is 5.78 Å². The van der Waals surface area contributed by atoms with Gasteiger partial charge in [-0.3, -0.25) is 4.79 Å². The highest BCUT2D eigenvalue weighted by atomic mass is 16.7. The quantitative estimate of drug-likeness (QED) is 0.640. The van der Waals surface area contributed by atoms with Gasteiger partial charge in [-0.25, -0.2) is 0 Å². The fourth-order valence-electron chi connectivity index (χ4n) is 3.63. The molecule has 1 aliphatic heterocycles. The number of carbonyl (C=O) groups excluding carboxylic acids is 1. The maximum atomic E-state index is 12.0. The highest BCUT2D eigenvalue weighted by molar-refractivity contribution is 5.82. The van der Waals surface area contributed by atoms with Gasteiger partial charge in [0.15, 0.2) is 5.79 Å². The molecule has 3 rings (SSSR count). The molecule has 0 N–H and O–H groups in total. The molecule has 3 atom stereocenters. The van der Waals surface area contributed by atoms with Gasteiger partial charge < -0.3 is 9.47 Å². The van der Waals surface area contributed by atoms with Gasteiger partial charge >= 0.3 is 0 Å². The monoisotopic (exact) mass is 235 g/mol. The van der Waals surface area contributed by atoms with Crippen molar-refractivity contribution in [1.82, 2.24) is 0 Å². The first kappa shape index (κ1) is 11.2. The lowest BCUT2D eigenvalue weighted by atomic mass is 9.65. The Labute approximate surface area is 101 Å². The Kier molecular flexibility index (Phi) is 2.68. The van der Waals surface area contributed by atoms with E-state index in [0.717, 1.165) is 25.7 Å². The largest absolute Gasteiger partial charge is 0.348 e. The van der Waals surface area contributed by atoms with Gasteiger partial charge in [-0.15, -0.1) is 0 Å². The molecular formula is C13H17NO3. The number of fused-ring (bicyclic) bond motifs is 1. The van der Waals surface area contributed by atoms with Crippen molar-refractivity contribution in [3.63, 3.8) is 0 Å². The van der Waals surface area contributed by atoms with Gasteiger partial charge in [0.25, 0.3) is 0 Å². The minimum atomic E-state index is -0.432. The lowest BCUT2D eigenvalue weighted by molar-refractivity contribution is -0.198. The van der Waals surface area contributed by atoms with Gasteiger partial charge in [-0.2, -0.15) is 5.26 Å². The second-order valence-corrected chi connectivity index (χ2v) is 5.45. The van der Waals surface area contributed by atoms with Gasteiger partial charge in [0, 0.05) is 25.2 Å². The molecule has 3 fully saturated rings. The van der Waals surface area contributed by atoms with Crippen LogP contribution in [0.5, 0.6) is 0 Å². The Morgan fingerprint density at radius 2 is 2.12 bits per heavy atom. The van der Waals surface area contributed by atoms with Crippen molar-refractivity contribution in [3.8, 4) is 6.07 Å². The Bertz CT molecular complexity index is 367. The van der Waals surface area contributed by atoms with Gasteiger partial charge in [0.2, 0.25) is 0 Å². The van der Waals surface area contributed by atoms with E-state index < -0.39 is 5.79 Å². The third kappa shape index (κ3) is 1.88. The molecule has 3 aliphatic rings. The zero-order valence-corrected chi connectivity index (χ0v) is 9.85. The molecule has 0 aromatic heterocycles. The first-order valence-electron chi connectivity index (χ1n) is 6.43. The fraction of sp³-hybridized carbons (Fsp3) is 0.846. The average Bonchev–Trinajstić information content (AvgIpc) is 2.76. The number of rotatable bonds is 0. The highest BCUT2D eigenvalue weighted by Gasteiger charge is 2.49. The van der Waals surface area contributed by atoms with E-state index in [-0.39, 0.29) is 23.5 Å². The predicted molar refractivity (Wildman–Crippen MR) is 58.8 cm³/mol. The Hall–Kier alpha value is -0.920. The summed E-state index contributed by atoms with van der Waals surface area (Å²) in [5, 5.41) is 8.99. The van der Waals surface area contributed by atoms with Crippen LogP contribution in [-0.2, 0) is 14.3 Å². The molecule has 1 heterocycles. The van der Waals surface area contributed by atoms with E-state index in [1.165, 1.54) is 0 Å². The van der Waals surface area contributed by atoms with Gasteiger partial charge in [-0.1, -0.05) is 0 Å². The molecule has 0 aromatic carbocycles. The normalized spacial score (nSPS) is 39.9. The SMILES string of the molecule is N#CC1CC(=O)C2CCC3(CC2C1)OCCO3. The Morgan fingerprint density at radius 3 is 2.82 bits per heavy atom. The van der Waals surface area contributed by atoms with E-state index in [9.17, 15) is 4.79 Å². The molecule has 4 heteroatoms. The van der Waals surface area contributed by atoms with Crippen molar-refractivity contribution in [2.24, 2.45) is 17.8 Å². The van der Waals surface area contributed by atoms with Crippen LogP contribution in [0.25, 0.3) is 0 Å². The first-order chi connectivity index (χ1) is 8.22. The molecule has 2 aliphatic carbocycles. The molecule has 1 saturated heterocycles. The molecule has 0 aromatic rings. The number of Topliss-reactive ketones (excluding diaryl/α,β-unsaturated/α-hetero) is 1. The zero-order chi connectivity index (χ0) is 11.9. The minimum absolute atomic E-state index is 0.0969. The van der Waals surface area contributed by atoms with Crippen molar-refractivity contribution in [2.45, 2.75) is 37.9 Å². The third-order valence-corrected chi connectivity index (χ3v) is 4.42. The molecule has 3 unspecified atom stereocenters. The van der Waals surface area contributed by atoms with Crippen LogP contribution < -0.4 is 0 Å². The van der Waals surface area contributed by atoms with Gasteiger partial charge in [0.05, 0.1) is 25.2 Å². The van der Waals surface area contributed by atoms with E-state index in [4.69, 9.17) is 14.7 Å². The van der Waals surface area contributed by atoms with Crippen LogP contribution >= 0.6 is 0 Å². The van der Waals surface area contributed by atoms with Crippen molar-refractivity contribution in [3.05, 3.63) is 0 Å². The summed E-state index contributed by atoms with van der Waals surface area (Å²) in [5.41, 5.74) is 0. The van der Waals surface area contributed by atoms with Crippen LogP contribution in [0.2, 0.25) is 0 Å². The zero-order valence-electron chi connectivity index (χ0n) is 9.85. The van der Waals surface area contributed by atoms with Crippen molar-refractivity contribution < 1.29 is 14.3 Å². The number of nitrogens with zero attached hydrogens (tertiary/aromatic N) is 1. The van der Waals surface area contributed by atoms with Crippen LogP contribution in [0, 0.1) is 29.1 Å². The third-order valence-electron chi connectivity index (χ3n) is 4.42. The minimum Gasteiger partial charge on any atom is -0.348 e. The molecule has 4 nitrogen and oxygen atoms in total. The molecule has 0 amide bonds. The molecular weight excluding hydrogens is 218 g/mol. The summed E-state index contributed by atoms with van der Waals surface area (Å²) >= 11 is 0. The number of nitriles is 1. The van der Waals surface area contributed by atoms with E-state index in [2.05, 4.69) is 6.07 Å². The second-order valence-electron chi connectivity index (χ2n) is 5.45. The van der Waals surface area contributed by atoms with Crippen molar-refractivity contribution in [2.75, 3.05) is 13.2 Å². The van der Waals surface area contributed by atoms with E-state index in [1.54, 1.807) is 0 Å². The van der Waals surface area contributed by atoms with Crippen molar-refractivity contribution in [1.29, 1.82) is 5.26 Å². The van der Waals surface area contributed by atoms with E-state index in [1.807, 2.05) is 0 Å². The van der Waals surface area contributed by atoms with Crippen LogP contribution in [0.15, 0.2) is 0 Å². The molecule has 1 spiro atoms. The molecule has 0 bridgehead atoms. The first-order valence-corrected chi connectivity index (χ1v) is 6.43. The molecule has 2 saturated carbocycles. The van der Waals surface area contributed by atoms with Crippen LogP contribution in [0.4, 0.5) is 0 Å². The summed E-state index contributed by atoms with van der Waals surface area (Å²) in [5.74, 6) is 0.186. The topological polar surface area (TPSA) is 59.3 Å². The van der Waals surface area contributed by atoms with Gasteiger partial charge in [-0.05, 0) is 18.8 Å². The van der Waals surface area contributed by atoms with Crippen molar-refractivity contribution >= 4 is 5.78 Å². The summed E-state index contributed by atoms with van der Waals surface area (Å²) in [4.78, 5) is 12.0.